The van der Waals surface area contributed by atoms with Crippen molar-refractivity contribution in [3.8, 4) is 0 Å². The van der Waals surface area contributed by atoms with Gasteiger partial charge in [-0.25, -0.2) is 0 Å². The number of hydrogen-bond donors (Lipinski definition) is 3. The Morgan fingerprint density at radius 3 is 2.69 bits per heavy atom. The summed E-state index contributed by atoms with van der Waals surface area (Å²) in [6.45, 7) is 0.151. The second-order valence-electron chi connectivity index (χ2n) is 4.10. The summed E-state index contributed by atoms with van der Waals surface area (Å²) in [7, 11) is 0. The summed E-state index contributed by atoms with van der Waals surface area (Å²) in [4.78, 5) is 33.3. The monoisotopic (exact) mass is 244 g/mol. The molecule has 1 aliphatic heterocycles. The van der Waals surface area contributed by atoms with Gasteiger partial charge in [0.25, 0.3) is 5.24 Å². The number of carboxylic acid groups (broad SMARTS) is 1. The molecule has 0 radical (unpaired) electrons. The molecule has 0 aromatic rings. The van der Waals surface area contributed by atoms with Crippen LogP contribution in [-0.4, -0.2) is 40.6 Å². The fraction of sp³-hybridized carbons (Fsp3) is 0.667. The zero-order valence-electron chi connectivity index (χ0n) is 8.49. The molecule has 1 saturated heterocycles. The summed E-state index contributed by atoms with van der Waals surface area (Å²) in [5.41, 5.74) is -0.759. The van der Waals surface area contributed by atoms with Crippen molar-refractivity contribution in [3.05, 3.63) is 0 Å². The van der Waals surface area contributed by atoms with Crippen molar-refractivity contribution < 1.29 is 19.5 Å². The van der Waals surface area contributed by atoms with Gasteiger partial charge < -0.3 is 15.7 Å². The average Bonchev–Trinajstić information content (AvgIpc) is 2.92. The van der Waals surface area contributed by atoms with E-state index >= 15 is 0 Å². The van der Waals surface area contributed by atoms with Crippen molar-refractivity contribution in [3.63, 3.8) is 0 Å². The molecule has 2 aliphatic rings. The lowest BCUT2D eigenvalue weighted by atomic mass is 10.1. The Kier molecular flexibility index (Phi) is 2.79. The summed E-state index contributed by atoms with van der Waals surface area (Å²) >= 11 is 1.06. The summed E-state index contributed by atoms with van der Waals surface area (Å²) in [6.07, 6.45) is 1.21. The highest BCUT2D eigenvalue weighted by atomic mass is 32.2. The lowest BCUT2D eigenvalue weighted by molar-refractivity contribution is -0.143. The van der Waals surface area contributed by atoms with Gasteiger partial charge in [0.15, 0.2) is 0 Å². The van der Waals surface area contributed by atoms with Crippen LogP contribution in [0.2, 0.25) is 0 Å². The molecule has 1 unspecified atom stereocenters. The highest BCUT2D eigenvalue weighted by molar-refractivity contribution is 8.14. The van der Waals surface area contributed by atoms with Gasteiger partial charge in [-0.05, 0) is 12.8 Å². The highest BCUT2D eigenvalue weighted by Gasteiger charge is 2.50. The lowest BCUT2D eigenvalue weighted by Gasteiger charge is -2.13. The first-order chi connectivity index (χ1) is 7.53. The van der Waals surface area contributed by atoms with Gasteiger partial charge in [-0.15, -0.1) is 0 Å². The van der Waals surface area contributed by atoms with E-state index in [1.165, 1.54) is 0 Å². The van der Waals surface area contributed by atoms with Crippen molar-refractivity contribution >= 4 is 28.9 Å². The van der Waals surface area contributed by atoms with E-state index in [2.05, 4.69) is 10.6 Å². The molecule has 1 saturated carbocycles. The Bertz CT molecular complexity index is 353. The van der Waals surface area contributed by atoms with E-state index in [0.717, 1.165) is 11.8 Å². The Labute approximate surface area is 96.1 Å². The van der Waals surface area contributed by atoms with Crippen LogP contribution in [0.4, 0.5) is 4.79 Å². The predicted molar refractivity (Wildman–Crippen MR) is 57.1 cm³/mol. The first kappa shape index (κ1) is 11.3. The van der Waals surface area contributed by atoms with Gasteiger partial charge in [0.05, 0.1) is 5.41 Å². The van der Waals surface area contributed by atoms with Crippen LogP contribution in [0, 0.1) is 5.41 Å². The molecule has 0 aromatic carbocycles. The molecular weight excluding hydrogens is 232 g/mol. The SMILES string of the molecule is O=C1NC(C(=O)NCC2(C(=O)O)CC2)CS1. The molecule has 2 rings (SSSR count). The van der Waals surface area contributed by atoms with Crippen LogP contribution in [0.25, 0.3) is 0 Å². The molecule has 1 atom stereocenters. The number of amides is 2. The fourth-order valence-corrected chi connectivity index (χ4v) is 2.30. The third kappa shape index (κ3) is 2.13. The first-order valence-corrected chi connectivity index (χ1v) is 5.96. The molecule has 0 aromatic heterocycles. The van der Waals surface area contributed by atoms with Gasteiger partial charge in [0.1, 0.15) is 6.04 Å². The molecule has 2 amide bonds. The molecule has 0 spiro atoms. The van der Waals surface area contributed by atoms with Crippen molar-refractivity contribution in [2.24, 2.45) is 5.41 Å². The summed E-state index contributed by atoms with van der Waals surface area (Å²) < 4.78 is 0. The average molecular weight is 244 g/mol. The van der Waals surface area contributed by atoms with Gasteiger partial charge in [0, 0.05) is 12.3 Å². The van der Waals surface area contributed by atoms with Crippen molar-refractivity contribution in [1.82, 2.24) is 10.6 Å². The lowest BCUT2D eigenvalue weighted by Crippen LogP contribution is -2.45. The molecule has 2 fully saturated rings. The number of thioether (sulfide) groups is 1. The minimum absolute atomic E-state index is 0.151. The zero-order chi connectivity index (χ0) is 11.8. The van der Waals surface area contributed by atoms with Crippen LogP contribution in [0.3, 0.4) is 0 Å². The predicted octanol–water partition coefficient (Wildman–Crippen LogP) is -0.208. The number of hydrogen-bond acceptors (Lipinski definition) is 4. The topological polar surface area (TPSA) is 95.5 Å². The highest BCUT2D eigenvalue weighted by Crippen LogP contribution is 2.45. The van der Waals surface area contributed by atoms with Crippen LogP contribution < -0.4 is 10.6 Å². The number of rotatable bonds is 4. The second-order valence-corrected chi connectivity index (χ2v) is 5.09. The molecule has 16 heavy (non-hydrogen) atoms. The van der Waals surface area contributed by atoms with Crippen molar-refractivity contribution in [1.29, 1.82) is 0 Å². The quantitative estimate of drug-likeness (QED) is 0.636. The Morgan fingerprint density at radius 2 is 2.25 bits per heavy atom. The van der Waals surface area contributed by atoms with Gasteiger partial charge in [-0.2, -0.15) is 0 Å². The fourth-order valence-electron chi connectivity index (χ4n) is 1.52. The third-order valence-corrected chi connectivity index (χ3v) is 3.78. The van der Waals surface area contributed by atoms with Gasteiger partial charge >= 0.3 is 5.97 Å². The molecule has 3 N–H and O–H groups in total. The normalized spacial score (nSPS) is 26.0. The number of aliphatic carboxylic acids is 1. The maximum Gasteiger partial charge on any atom is 0.311 e. The molecule has 7 heteroatoms. The first-order valence-electron chi connectivity index (χ1n) is 4.98. The molecule has 1 aliphatic carbocycles. The number of carbonyl (C=O) groups excluding carboxylic acids is 2. The zero-order valence-corrected chi connectivity index (χ0v) is 9.30. The van der Waals surface area contributed by atoms with E-state index in [1.54, 1.807) is 0 Å². The molecule has 0 bridgehead atoms. The third-order valence-electron chi connectivity index (χ3n) is 2.90. The second kappa shape index (κ2) is 3.97. The molecule has 1 heterocycles. The number of carboxylic acids is 1. The van der Waals surface area contributed by atoms with E-state index in [1.807, 2.05) is 0 Å². The van der Waals surface area contributed by atoms with Crippen LogP contribution in [0.5, 0.6) is 0 Å². The smallest absolute Gasteiger partial charge is 0.311 e. The van der Waals surface area contributed by atoms with Gasteiger partial charge in [-0.3, -0.25) is 14.4 Å². The largest absolute Gasteiger partial charge is 0.481 e. The summed E-state index contributed by atoms with van der Waals surface area (Å²) in [5.74, 6) is -0.756. The van der Waals surface area contributed by atoms with Gasteiger partial charge in [0.2, 0.25) is 5.91 Å². The van der Waals surface area contributed by atoms with E-state index < -0.39 is 17.4 Å². The van der Waals surface area contributed by atoms with Crippen molar-refractivity contribution in [2.75, 3.05) is 12.3 Å². The minimum Gasteiger partial charge on any atom is -0.481 e. The van der Waals surface area contributed by atoms with E-state index in [0.29, 0.717) is 18.6 Å². The minimum atomic E-state index is -0.863. The Balaban J connectivity index is 1.80. The van der Waals surface area contributed by atoms with Crippen LogP contribution >= 0.6 is 11.8 Å². The van der Waals surface area contributed by atoms with Crippen LogP contribution in [-0.2, 0) is 9.59 Å². The summed E-state index contributed by atoms with van der Waals surface area (Å²) in [5, 5.41) is 13.8. The number of nitrogens with one attached hydrogen (secondary N) is 2. The molecular formula is C9H12N2O4S. The van der Waals surface area contributed by atoms with Crippen molar-refractivity contribution in [2.45, 2.75) is 18.9 Å². The molecule has 6 nitrogen and oxygen atoms in total. The summed E-state index contributed by atoms with van der Waals surface area (Å²) in [6, 6.07) is -0.526. The van der Waals surface area contributed by atoms with E-state index in [-0.39, 0.29) is 17.7 Å². The Morgan fingerprint density at radius 1 is 1.56 bits per heavy atom. The maximum absolute atomic E-state index is 11.6. The Hall–Kier alpha value is -1.24. The van der Waals surface area contributed by atoms with E-state index in [9.17, 15) is 14.4 Å². The van der Waals surface area contributed by atoms with Gasteiger partial charge in [-0.1, -0.05) is 11.8 Å². The maximum atomic E-state index is 11.6. The standard InChI is InChI=1S/C9H12N2O4S/c12-6(5-3-16-8(15)11-5)10-4-9(1-2-9)7(13)14/h5H,1-4H2,(H,10,12)(H,11,15)(H,13,14). The molecule has 88 valence electrons. The van der Waals surface area contributed by atoms with E-state index in [4.69, 9.17) is 5.11 Å². The number of carbonyl (C=O) groups is 3. The van der Waals surface area contributed by atoms with Crippen LogP contribution in [0.15, 0.2) is 0 Å². The van der Waals surface area contributed by atoms with Crippen LogP contribution in [0.1, 0.15) is 12.8 Å².